The van der Waals surface area contributed by atoms with Gasteiger partial charge in [0.2, 0.25) is 5.88 Å². The Morgan fingerprint density at radius 2 is 2.08 bits per heavy atom. The number of aromatic nitrogens is 1. The lowest BCUT2D eigenvalue weighted by Gasteiger charge is -2.16. The number of pyridine rings is 1. The fourth-order valence-electron chi connectivity index (χ4n) is 0.863. The molecule has 0 aliphatic heterocycles. The van der Waals surface area contributed by atoms with Gasteiger partial charge < -0.3 is 9.84 Å². The summed E-state index contributed by atoms with van der Waals surface area (Å²) in [6.07, 6.45) is 1.61. The Morgan fingerprint density at radius 1 is 1.42 bits per heavy atom. The molecule has 1 rings (SSSR count). The Bertz CT molecular complexity index is 248. The average Bonchev–Trinajstić information content (AvgIpc) is 2.03. The van der Waals surface area contributed by atoms with Crippen molar-refractivity contribution in [2.24, 2.45) is 0 Å². The largest absolute Gasteiger partial charge is 0.481 e. The van der Waals surface area contributed by atoms with Crippen LogP contribution in [0.1, 0.15) is 19.4 Å². The third kappa shape index (κ3) is 1.95. The SMILES string of the molecule is COc1ccc(C(C)(C)O)cn1. The summed E-state index contributed by atoms with van der Waals surface area (Å²) in [4.78, 5) is 3.98. The third-order valence-corrected chi connectivity index (χ3v) is 1.65. The maximum atomic E-state index is 9.57. The summed E-state index contributed by atoms with van der Waals surface area (Å²) < 4.78 is 4.89. The van der Waals surface area contributed by atoms with Crippen LogP contribution >= 0.6 is 0 Å². The Kier molecular flexibility index (Phi) is 2.33. The van der Waals surface area contributed by atoms with Gasteiger partial charge in [-0.1, -0.05) is 0 Å². The lowest BCUT2D eigenvalue weighted by Crippen LogP contribution is -2.15. The van der Waals surface area contributed by atoms with Crippen molar-refractivity contribution >= 4 is 0 Å². The van der Waals surface area contributed by atoms with Crippen LogP contribution in [0.5, 0.6) is 5.88 Å². The molecule has 0 atom stereocenters. The molecule has 0 saturated heterocycles. The molecule has 0 bridgehead atoms. The number of hydrogen-bond acceptors (Lipinski definition) is 3. The fourth-order valence-corrected chi connectivity index (χ4v) is 0.863. The molecule has 1 aromatic rings. The lowest BCUT2D eigenvalue weighted by molar-refractivity contribution is 0.0781. The van der Waals surface area contributed by atoms with Crippen molar-refractivity contribution in [3.63, 3.8) is 0 Å². The number of ether oxygens (including phenoxy) is 1. The van der Waals surface area contributed by atoms with Crippen LogP contribution < -0.4 is 4.74 Å². The third-order valence-electron chi connectivity index (χ3n) is 1.65. The number of rotatable bonds is 2. The molecule has 3 nitrogen and oxygen atoms in total. The predicted octanol–water partition coefficient (Wildman–Crippen LogP) is 1.32. The van der Waals surface area contributed by atoms with Crippen molar-refractivity contribution in [2.75, 3.05) is 7.11 Å². The molecule has 0 amide bonds. The van der Waals surface area contributed by atoms with E-state index < -0.39 is 5.60 Å². The van der Waals surface area contributed by atoms with E-state index in [-0.39, 0.29) is 0 Å². The van der Waals surface area contributed by atoms with E-state index in [1.165, 1.54) is 0 Å². The van der Waals surface area contributed by atoms with Gasteiger partial charge in [0.15, 0.2) is 0 Å². The molecule has 12 heavy (non-hydrogen) atoms. The van der Waals surface area contributed by atoms with Gasteiger partial charge in [-0.15, -0.1) is 0 Å². The van der Waals surface area contributed by atoms with E-state index in [2.05, 4.69) is 4.98 Å². The van der Waals surface area contributed by atoms with Gasteiger partial charge in [-0.3, -0.25) is 0 Å². The van der Waals surface area contributed by atoms with Gasteiger partial charge in [-0.25, -0.2) is 4.98 Å². The monoisotopic (exact) mass is 167 g/mol. The van der Waals surface area contributed by atoms with Crippen molar-refractivity contribution in [3.8, 4) is 5.88 Å². The van der Waals surface area contributed by atoms with Crippen molar-refractivity contribution in [3.05, 3.63) is 23.9 Å². The van der Waals surface area contributed by atoms with E-state index in [1.54, 1.807) is 39.3 Å². The van der Waals surface area contributed by atoms with Gasteiger partial charge >= 0.3 is 0 Å². The van der Waals surface area contributed by atoms with E-state index in [0.29, 0.717) is 5.88 Å². The van der Waals surface area contributed by atoms with Gasteiger partial charge in [0.25, 0.3) is 0 Å². The second-order valence-corrected chi connectivity index (χ2v) is 3.15. The fraction of sp³-hybridized carbons (Fsp3) is 0.444. The summed E-state index contributed by atoms with van der Waals surface area (Å²) in [5, 5.41) is 9.57. The van der Waals surface area contributed by atoms with Crippen LogP contribution in [0.25, 0.3) is 0 Å². The van der Waals surface area contributed by atoms with Crippen molar-refractivity contribution in [1.82, 2.24) is 4.98 Å². The number of methoxy groups -OCH3 is 1. The highest BCUT2D eigenvalue weighted by Gasteiger charge is 2.15. The number of hydrogen-bond donors (Lipinski definition) is 1. The first-order chi connectivity index (χ1) is 5.54. The second-order valence-electron chi connectivity index (χ2n) is 3.15. The molecule has 0 aliphatic rings. The van der Waals surface area contributed by atoms with Gasteiger partial charge in [-0.2, -0.15) is 0 Å². The second kappa shape index (κ2) is 3.11. The highest BCUT2D eigenvalue weighted by atomic mass is 16.5. The Labute approximate surface area is 72.0 Å². The molecule has 0 spiro atoms. The molecule has 1 N–H and O–H groups in total. The van der Waals surface area contributed by atoms with E-state index in [9.17, 15) is 5.11 Å². The summed E-state index contributed by atoms with van der Waals surface area (Å²) in [7, 11) is 1.56. The summed E-state index contributed by atoms with van der Waals surface area (Å²) in [6, 6.07) is 3.53. The predicted molar refractivity (Wildman–Crippen MR) is 46.0 cm³/mol. The summed E-state index contributed by atoms with van der Waals surface area (Å²) in [5.41, 5.74) is -0.0532. The van der Waals surface area contributed by atoms with E-state index in [4.69, 9.17) is 4.74 Å². The summed E-state index contributed by atoms with van der Waals surface area (Å²) in [5.74, 6) is 0.558. The van der Waals surface area contributed by atoms with Crippen LogP contribution in [0.4, 0.5) is 0 Å². The van der Waals surface area contributed by atoms with Crippen LogP contribution in [0.2, 0.25) is 0 Å². The Morgan fingerprint density at radius 3 is 2.42 bits per heavy atom. The lowest BCUT2D eigenvalue weighted by atomic mass is 10.0. The molecule has 1 heterocycles. The first-order valence-corrected chi connectivity index (χ1v) is 3.77. The number of nitrogens with zero attached hydrogens (tertiary/aromatic N) is 1. The van der Waals surface area contributed by atoms with Crippen LogP contribution in [0.15, 0.2) is 18.3 Å². The average molecular weight is 167 g/mol. The smallest absolute Gasteiger partial charge is 0.212 e. The van der Waals surface area contributed by atoms with Crippen LogP contribution in [0.3, 0.4) is 0 Å². The first-order valence-electron chi connectivity index (χ1n) is 3.77. The molecule has 3 heteroatoms. The van der Waals surface area contributed by atoms with Crippen LogP contribution in [-0.4, -0.2) is 17.2 Å². The van der Waals surface area contributed by atoms with Gasteiger partial charge in [0.1, 0.15) is 0 Å². The minimum Gasteiger partial charge on any atom is -0.481 e. The maximum absolute atomic E-state index is 9.57. The van der Waals surface area contributed by atoms with E-state index >= 15 is 0 Å². The summed E-state index contributed by atoms with van der Waals surface area (Å²) in [6.45, 7) is 3.44. The highest BCUT2D eigenvalue weighted by molar-refractivity contribution is 5.21. The molecule has 1 aromatic heterocycles. The maximum Gasteiger partial charge on any atom is 0.212 e. The van der Waals surface area contributed by atoms with Crippen LogP contribution in [0, 0.1) is 0 Å². The quantitative estimate of drug-likeness (QED) is 0.722. The van der Waals surface area contributed by atoms with Crippen molar-refractivity contribution in [2.45, 2.75) is 19.4 Å². The minimum absolute atomic E-state index is 0.558. The van der Waals surface area contributed by atoms with Crippen molar-refractivity contribution < 1.29 is 9.84 Å². The zero-order valence-corrected chi connectivity index (χ0v) is 7.53. The molecule has 66 valence electrons. The van der Waals surface area contributed by atoms with Gasteiger partial charge in [0.05, 0.1) is 12.7 Å². The normalized spacial score (nSPS) is 11.3. The minimum atomic E-state index is -0.834. The molecular formula is C9H13NO2. The van der Waals surface area contributed by atoms with E-state index in [1.807, 2.05) is 0 Å². The highest BCUT2D eigenvalue weighted by Crippen LogP contribution is 2.19. The van der Waals surface area contributed by atoms with Crippen molar-refractivity contribution in [1.29, 1.82) is 0 Å². The molecule has 0 radical (unpaired) electrons. The van der Waals surface area contributed by atoms with Crippen LogP contribution in [-0.2, 0) is 5.60 Å². The molecular weight excluding hydrogens is 154 g/mol. The standard InChI is InChI=1S/C9H13NO2/c1-9(2,11)7-4-5-8(12-3)10-6-7/h4-6,11H,1-3H3. The number of aliphatic hydroxyl groups is 1. The molecule has 0 aromatic carbocycles. The Balaban J connectivity index is 2.93. The topological polar surface area (TPSA) is 42.4 Å². The molecule has 0 unspecified atom stereocenters. The van der Waals surface area contributed by atoms with Gasteiger partial charge in [0, 0.05) is 17.8 Å². The molecule has 0 saturated carbocycles. The zero-order valence-electron chi connectivity index (χ0n) is 7.53. The summed E-state index contributed by atoms with van der Waals surface area (Å²) >= 11 is 0. The molecule has 0 fully saturated rings. The Hall–Kier alpha value is -1.09. The molecule has 0 aliphatic carbocycles. The zero-order chi connectivity index (χ0) is 9.19. The van der Waals surface area contributed by atoms with E-state index in [0.717, 1.165) is 5.56 Å². The van der Waals surface area contributed by atoms with Gasteiger partial charge in [-0.05, 0) is 19.9 Å². The first kappa shape index (κ1) is 9.00.